The number of hydrogen-bond acceptors (Lipinski definition) is 5. The van der Waals surface area contributed by atoms with E-state index in [9.17, 15) is 24.5 Å². The molecule has 0 aromatic heterocycles. The van der Waals surface area contributed by atoms with Crippen LogP contribution in [0.25, 0.3) is 0 Å². The Bertz CT molecular complexity index is 1270. The maximum absolute atomic E-state index is 13.5. The number of fused-ring (bicyclic) bond motifs is 1. The topological polar surface area (TPSA) is 110 Å². The third-order valence-electron chi connectivity index (χ3n) is 5.74. The third-order valence-corrected chi connectivity index (χ3v) is 5.74. The van der Waals surface area contributed by atoms with Crippen molar-refractivity contribution >= 4 is 29.1 Å². The quantitative estimate of drug-likeness (QED) is 0.351. The van der Waals surface area contributed by atoms with E-state index in [0.29, 0.717) is 5.69 Å². The number of anilines is 1. The molecule has 8 nitrogen and oxygen atoms in total. The molecular formula is C25H21N3O5. The highest BCUT2D eigenvalue weighted by Crippen LogP contribution is 2.33. The molecule has 4 rings (SSSR count). The first-order valence-electron chi connectivity index (χ1n) is 10.4. The molecule has 1 heterocycles. The molecule has 3 amide bonds. The van der Waals surface area contributed by atoms with Crippen molar-refractivity contribution in [3.63, 3.8) is 0 Å². The number of imide groups is 1. The number of nitrogens with one attached hydrogen (secondary N) is 1. The van der Waals surface area contributed by atoms with Crippen LogP contribution in [0.1, 0.15) is 37.4 Å². The number of hydrogen-bond donors (Lipinski definition) is 1. The van der Waals surface area contributed by atoms with Crippen LogP contribution in [0.15, 0.2) is 66.7 Å². The average molecular weight is 443 g/mol. The maximum atomic E-state index is 13.5. The molecule has 0 spiro atoms. The van der Waals surface area contributed by atoms with Gasteiger partial charge in [0.2, 0.25) is 5.91 Å². The fourth-order valence-electron chi connectivity index (χ4n) is 4.08. The van der Waals surface area contributed by atoms with Crippen molar-refractivity contribution in [2.24, 2.45) is 0 Å². The summed E-state index contributed by atoms with van der Waals surface area (Å²) in [5.41, 5.74) is 2.19. The molecule has 1 atom stereocenters. The van der Waals surface area contributed by atoms with Crippen molar-refractivity contribution in [3.8, 4) is 0 Å². The van der Waals surface area contributed by atoms with Crippen LogP contribution in [0.5, 0.6) is 0 Å². The predicted molar refractivity (Wildman–Crippen MR) is 122 cm³/mol. The largest absolute Gasteiger partial charge is 0.324 e. The highest BCUT2D eigenvalue weighted by atomic mass is 16.6. The number of amides is 3. The van der Waals surface area contributed by atoms with Gasteiger partial charge in [-0.3, -0.25) is 29.4 Å². The number of nitro benzene ring substituents is 1. The summed E-state index contributed by atoms with van der Waals surface area (Å²) in [6, 6.07) is 17.3. The van der Waals surface area contributed by atoms with E-state index in [1.165, 1.54) is 18.2 Å². The van der Waals surface area contributed by atoms with E-state index in [0.717, 1.165) is 21.6 Å². The summed E-state index contributed by atoms with van der Waals surface area (Å²) in [6.45, 7) is 3.69. The molecule has 0 bridgehead atoms. The second-order valence-electron chi connectivity index (χ2n) is 7.90. The highest BCUT2D eigenvalue weighted by molar-refractivity contribution is 6.25. The van der Waals surface area contributed by atoms with Gasteiger partial charge in [-0.1, -0.05) is 54.6 Å². The van der Waals surface area contributed by atoms with Crippen molar-refractivity contribution < 1.29 is 19.3 Å². The molecule has 1 N–H and O–H groups in total. The van der Waals surface area contributed by atoms with Crippen molar-refractivity contribution in [2.45, 2.75) is 26.3 Å². The summed E-state index contributed by atoms with van der Waals surface area (Å²) in [6.07, 6.45) is 0.0663. The van der Waals surface area contributed by atoms with Gasteiger partial charge in [0.15, 0.2) is 0 Å². The van der Waals surface area contributed by atoms with Crippen molar-refractivity contribution in [2.75, 3.05) is 5.32 Å². The lowest BCUT2D eigenvalue weighted by Gasteiger charge is -2.26. The number of carbonyl (C=O) groups excluding carboxylic acids is 3. The zero-order chi connectivity index (χ0) is 23.7. The first-order valence-corrected chi connectivity index (χ1v) is 10.4. The first kappa shape index (κ1) is 21.9. The minimum atomic E-state index is -1.20. The molecule has 0 unspecified atom stereocenters. The van der Waals surface area contributed by atoms with Crippen LogP contribution >= 0.6 is 0 Å². The van der Waals surface area contributed by atoms with Crippen LogP contribution in [0.2, 0.25) is 0 Å². The monoisotopic (exact) mass is 443 g/mol. The molecule has 3 aromatic carbocycles. The van der Waals surface area contributed by atoms with Gasteiger partial charge in [-0.2, -0.15) is 0 Å². The van der Waals surface area contributed by atoms with Gasteiger partial charge in [-0.15, -0.1) is 0 Å². The van der Waals surface area contributed by atoms with Gasteiger partial charge in [0.05, 0.1) is 10.5 Å². The highest BCUT2D eigenvalue weighted by Gasteiger charge is 2.46. The number of rotatable bonds is 6. The number of benzene rings is 3. The van der Waals surface area contributed by atoms with E-state index in [2.05, 4.69) is 5.32 Å². The Balaban J connectivity index is 1.76. The smallest absolute Gasteiger partial charge is 0.282 e. The van der Waals surface area contributed by atoms with E-state index >= 15 is 0 Å². The van der Waals surface area contributed by atoms with Crippen LogP contribution in [0.3, 0.4) is 0 Å². The summed E-state index contributed by atoms with van der Waals surface area (Å²) in [5.74, 6) is -2.12. The van der Waals surface area contributed by atoms with Gasteiger partial charge >= 0.3 is 0 Å². The second-order valence-corrected chi connectivity index (χ2v) is 7.90. The normalized spacial score (nSPS) is 13.6. The van der Waals surface area contributed by atoms with Crippen molar-refractivity contribution in [1.82, 2.24) is 4.90 Å². The van der Waals surface area contributed by atoms with Crippen LogP contribution in [-0.2, 0) is 11.2 Å². The minimum Gasteiger partial charge on any atom is -0.324 e. The summed E-state index contributed by atoms with van der Waals surface area (Å²) in [7, 11) is 0. The number of aryl methyl sites for hydroxylation is 2. The lowest BCUT2D eigenvalue weighted by molar-refractivity contribution is -0.385. The second kappa shape index (κ2) is 8.66. The molecule has 8 heteroatoms. The number of nitrogens with zero attached hydrogens (tertiary/aromatic N) is 2. The Kier molecular flexibility index (Phi) is 5.74. The minimum absolute atomic E-state index is 0.0663. The van der Waals surface area contributed by atoms with Crippen LogP contribution < -0.4 is 5.32 Å². The molecule has 0 radical (unpaired) electrons. The van der Waals surface area contributed by atoms with Gasteiger partial charge in [0.25, 0.3) is 17.5 Å². The Morgan fingerprint density at radius 1 is 0.939 bits per heavy atom. The van der Waals surface area contributed by atoms with E-state index in [1.807, 2.05) is 38.1 Å². The van der Waals surface area contributed by atoms with Crippen LogP contribution in [0.4, 0.5) is 11.4 Å². The Morgan fingerprint density at radius 3 is 2.21 bits per heavy atom. The Morgan fingerprint density at radius 2 is 1.58 bits per heavy atom. The van der Waals surface area contributed by atoms with Crippen molar-refractivity contribution in [3.05, 3.63) is 105 Å². The zero-order valence-electron chi connectivity index (χ0n) is 18.1. The molecule has 33 heavy (non-hydrogen) atoms. The molecule has 0 fully saturated rings. The standard InChI is InChI=1S/C25H21N3O5/c1-15-8-6-9-16(2)22(15)26-23(29)20(14-17-10-4-3-5-11-17)27-24(30)18-12-7-13-19(28(32)33)21(18)25(27)31/h3-13,20H,14H2,1-2H3,(H,26,29)/t20-/m1/s1. The Labute approximate surface area is 190 Å². The van der Waals surface area contributed by atoms with Gasteiger partial charge in [-0.05, 0) is 36.6 Å². The molecule has 0 saturated heterocycles. The van der Waals surface area contributed by atoms with E-state index in [4.69, 9.17) is 0 Å². The zero-order valence-corrected chi connectivity index (χ0v) is 18.1. The van der Waals surface area contributed by atoms with Gasteiger partial charge in [0.1, 0.15) is 11.6 Å². The number of carbonyl (C=O) groups is 3. The molecule has 3 aromatic rings. The molecule has 0 saturated carbocycles. The summed E-state index contributed by atoms with van der Waals surface area (Å²) >= 11 is 0. The summed E-state index contributed by atoms with van der Waals surface area (Å²) in [4.78, 5) is 51.6. The molecular weight excluding hydrogens is 422 g/mol. The maximum Gasteiger partial charge on any atom is 0.282 e. The van der Waals surface area contributed by atoms with E-state index < -0.39 is 34.4 Å². The molecule has 0 aliphatic carbocycles. The van der Waals surface area contributed by atoms with E-state index in [-0.39, 0.29) is 17.5 Å². The van der Waals surface area contributed by atoms with E-state index in [1.54, 1.807) is 24.3 Å². The fraction of sp³-hybridized carbons (Fsp3) is 0.160. The molecule has 1 aliphatic rings. The SMILES string of the molecule is Cc1cccc(C)c1NC(=O)[C@@H](Cc1ccccc1)N1C(=O)c2cccc([N+](=O)[O-])c2C1=O. The Hall–Kier alpha value is -4.33. The van der Waals surface area contributed by atoms with Gasteiger partial charge < -0.3 is 5.32 Å². The third kappa shape index (κ3) is 3.98. The lowest BCUT2D eigenvalue weighted by atomic mass is 10.0. The van der Waals surface area contributed by atoms with Crippen molar-refractivity contribution in [1.29, 1.82) is 0 Å². The molecule has 1 aliphatic heterocycles. The van der Waals surface area contributed by atoms with Crippen LogP contribution in [-0.4, -0.2) is 33.6 Å². The average Bonchev–Trinajstić information content (AvgIpc) is 3.05. The predicted octanol–water partition coefficient (Wildman–Crippen LogP) is 4.06. The fourth-order valence-corrected chi connectivity index (χ4v) is 4.08. The van der Waals surface area contributed by atoms with Gasteiger partial charge in [0, 0.05) is 18.2 Å². The van der Waals surface area contributed by atoms with Crippen LogP contribution in [0, 0.1) is 24.0 Å². The first-order chi connectivity index (χ1) is 15.8. The lowest BCUT2D eigenvalue weighted by Crippen LogP contribution is -2.48. The van der Waals surface area contributed by atoms with Gasteiger partial charge in [-0.25, -0.2) is 0 Å². The number of nitro groups is 1. The molecule has 166 valence electrons. The number of para-hydroxylation sites is 1. The summed E-state index contributed by atoms with van der Waals surface area (Å²) < 4.78 is 0. The summed E-state index contributed by atoms with van der Waals surface area (Å²) in [5, 5.41) is 14.3.